The third kappa shape index (κ3) is 4.86. The lowest BCUT2D eigenvalue weighted by Crippen LogP contribution is -2.43. The van der Waals surface area contributed by atoms with Crippen molar-refractivity contribution >= 4 is 11.6 Å². The van der Waals surface area contributed by atoms with Gasteiger partial charge in [0.2, 0.25) is 5.91 Å². The van der Waals surface area contributed by atoms with E-state index in [1.54, 1.807) is 7.05 Å². The third-order valence-corrected chi connectivity index (χ3v) is 4.15. The van der Waals surface area contributed by atoms with E-state index in [4.69, 9.17) is 5.73 Å². The number of carbonyl (C=O) groups excluding carboxylic acids is 1. The predicted molar refractivity (Wildman–Crippen MR) is 96.6 cm³/mol. The van der Waals surface area contributed by atoms with Crippen LogP contribution in [0.5, 0.6) is 0 Å². The Morgan fingerprint density at radius 3 is 2.08 bits per heavy atom. The topological polar surface area (TPSA) is 46.3 Å². The lowest BCUT2D eigenvalue weighted by atomic mass is 9.87. The highest BCUT2D eigenvalue weighted by Gasteiger charge is 2.21. The molecule has 25 heavy (non-hydrogen) atoms. The molecule has 1 amide bonds. The summed E-state index contributed by atoms with van der Waals surface area (Å²) in [7, 11) is 1.64. The Hall–Kier alpha value is -2.27. The maximum atomic E-state index is 13.3. The number of hydrogen-bond donors (Lipinski definition) is 1. The number of nitrogens with zero attached hydrogens (tertiary/aromatic N) is 1. The van der Waals surface area contributed by atoms with Crippen LogP contribution in [0, 0.1) is 11.6 Å². The molecule has 2 aromatic carbocycles. The largest absolute Gasteiger partial charge is 0.320 e. The van der Waals surface area contributed by atoms with Crippen LogP contribution in [0.2, 0.25) is 0 Å². The van der Waals surface area contributed by atoms with Crippen LogP contribution >= 0.6 is 0 Å². The number of anilines is 1. The number of likely N-dealkylation sites (N-methyl/N-ethyl adjacent to an activating group) is 1. The quantitative estimate of drug-likeness (QED) is 0.915. The molecule has 0 aliphatic heterocycles. The fourth-order valence-corrected chi connectivity index (χ4v) is 2.63. The first-order valence-electron chi connectivity index (χ1n) is 8.16. The highest BCUT2D eigenvalue weighted by molar-refractivity contribution is 5.96. The fourth-order valence-electron chi connectivity index (χ4n) is 2.63. The molecule has 0 saturated heterocycles. The van der Waals surface area contributed by atoms with Crippen LogP contribution in [-0.4, -0.2) is 19.0 Å². The Morgan fingerprint density at radius 2 is 1.60 bits per heavy atom. The summed E-state index contributed by atoms with van der Waals surface area (Å²) in [5.41, 5.74) is 8.22. The van der Waals surface area contributed by atoms with E-state index in [2.05, 4.69) is 20.8 Å². The molecule has 0 saturated carbocycles. The second-order valence-electron chi connectivity index (χ2n) is 7.28. The third-order valence-electron chi connectivity index (χ3n) is 4.15. The molecular formula is C20H24F2N2O. The van der Waals surface area contributed by atoms with Gasteiger partial charge in [0.1, 0.15) is 11.6 Å². The second-order valence-corrected chi connectivity index (χ2v) is 7.28. The molecule has 0 fully saturated rings. The number of halogens is 2. The fraction of sp³-hybridized carbons (Fsp3) is 0.350. The summed E-state index contributed by atoms with van der Waals surface area (Å²) in [5.74, 6) is -1.67. The first kappa shape index (κ1) is 19.1. The first-order valence-corrected chi connectivity index (χ1v) is 8.16. The molecule has 5 heteroatoms. The zero-order chi connectivity index (χ0) is 18.8. The summed E-state index contributed by atoms with van der Waals surface area (Å²) in [6, 6.07) is 9.98. The van der Waals surface area contributed by atoms with Crippen LogP contribution in [0.1, 0.15) is 31.9 Å². The number of benzene rings is 2. The van der Waals surface area contributed by atoms with Crippen LogP contribution in [0.4, 0.5) is 14.5 Å². The van der Waals surface area contributed by atoms with E-state index in [1.807, 2.05) is 24.3 Å². The SMILES string of the molecule is CN(C(=O)[C@@H](N)Cc1cc(F)cc(F)c1)c1ccc(C(C)(C)C)cc1. The van der Waals surface area contributed by atoms with E-state index >= 15 is 0 Å². The van der Waals surface area contributed by atoms with Gasteiger partial charge in [0.05, 0.1) is 6.04 Å². The molecule has 0 aliphatic carbocycles. The molecule has 0 heterocycles. The Kier molecular flexibility index (Phi) is 5.58. The molecule has 1 atom stereocenters. The molecule has 2 N–H and O–H groups in total. The summed E-state index contributed by atoms with van der Waals surface area (Å²) in [6.07, 6.45) is 0.0674. The van der Waals surface area contributed by atoms with Crippen LogP contribution in [0.3, 0.4) is 0 Å². The molecule has 0 radical (unpaired) electrons. The molecule has 3 nitrogen and oxygen atoms in total. The molecule has 134 valence electrons. The van der Waals surface area contributed by atoms with Crippen molar-refractivity contribution in [1.29, 1.82) is 0 Å². The van der Waals surface area contributed by atoms with E-state index in [0.717, 1.165) is 17.3 Å². The number of nitrogens with two attached hydrogens (primary N) is 1. The van der Waals surface area contributed by atoms with E-state index in [9.17, 15) is 13.6 Å². The normalized spacial score (nSPS) is 12.8. The van der Waals surface area contributed by atoms with Crippen molar-refractivity contribution in [2.24, 2.45) is 5.73 Å². The van der Waals surface area contributed by atoms with Gasteiger partial charge in [-0.15, -0.1) is 0 Å². The maximum absolute atomic E-state index is 13.3. The molecule has 0 spiro atoms. The van der Waals surface area contributed by atoms with Gasteiger partial charge in [0.15, 0.2) is 0 Å². The van der Waals surface area contributed by atoms with Crippen molar-refractivity contribution in [1.82, 2.24) is 0 Å². The highest BCUT2D eigenvalue weighted by atomic mass is 19.1. The Balaban J connectivity index is 2.10. The van der Waals surface area contributed by atoms with Gasteiger partial charge in [-0.25, -0.2) is 8.78 Å². The zero-order valence-electron chi connectivity index (χ0n) is 15.0. The molecular weight excluding hydrogens is 322 g/mol. The number of hydrogen-bond acceptors (Lipinski definition) is 2. The van der Waals surface area contributed by atoms with Gasteiger partial charge in [-0.3, -0.25) is 4.79 Å². The van der Waals surface area contributed by atoms with Crippen molar-refractivity contribution in [3.8, 4) is 0 Å². The van der Waals surface area contributed by atoms with Crippen LogP contribution in [0.15, 0.2) is 42.5 Å². The monoisotopic (exact) mass is 346 g/mol. The molecule has 0 unspecified atom stereocenters. The van der Waals surface area contributed by atoms with Gasteiger partial charge >= 0.3 is 0 Å². The van der Waals surface area contributed by atoms with Crippen molar-refractivity contribution in [3.05, 3.63) is 65.2 Å². The van der Waals surface area contributed by atoms with Gasteiger partial charge in [-0.05, 0) is 47.2 Å². The van der Waals surface area contributed by atoms with Crippen LogP contribution in [-0.2, 0) is 16.6 Å². The van der Waals surface area contributed by atoms with Gasteiger partial charge < -0.3 is 10.6 Å². The van der Waals surface area contributed by atoms with Crippen molar-refractivity contribution in [3.63, 3.8) is 0 Å². The van der Waals surface area contributed by atoms with Crippen LogP contribution < -0.4 is 10.6 Å². The minimum absolute atomic E-state index is 0.0268. The van der Waals surface area contributed by atoms with Gasteiger partial charge in [-0.1, -0.05) is 32.9 Å². The second kappa shape index (κ2) is 7.31. The van der Waals surface area contributed by atoms with Gasteiger partial charge in [0, 0.05) is 18.8 Å². The molecule has 2 aromatic rings. The van der Waals surface area contributed by atoms with Crippen LogP contribution in [0.25, 0.3) is 0 Å². The smallest absolute Gasteiger partial charge is 0.243 e. The van der Waals surface area contributed by atoms with Crippen molar-refractivity contribution in [2.45, 2.75) is 38.6 Å². The summed E-state index contributed by atoms with van der Waals surface area (Å²) in [4.78, 5) is 14.0. The zero-order valence-corrected chi connectivity index (χ0v) is 15.0. The summed E-state index contributed by atoms with van der Waals surface area (Å²) in [6.45, 7) is 6.35. The van der Waals surface area contributed by atoms with Crippen molar-refractivity contribution < 1.29 is 13.6 Å². The van der Waals surface area contributed by atoms with Crippen molar-refractivity contribution in [2.75, 3.05) is 11.9 Å². The number of amides is 1. The van der Waals surface area contributed by atoms with E-state index in [1.165, 1.54) is 17.0 Å². The Labute approximate surface area is 147 Å². The molecule has 0 bridgehead atoms. The maximum Gasteiger partial charge on any atom is 0.243 e. The molecule has 2 rings (SSSR count). The van der Waals surface area contributed by atoms with E-state index in [-0.39, 0.29) is 17.7 Å². The minimum atomic E-state index is -0.881. The predicted octanol–water partition coefficient (Wildman–Crippen LogP) is 3.80. The lowest BCUT2D eigenvalue weighted by molar-refractivity contribution is -0.119. The molecule has 0 aliphatic rings. The number of carbonyl (C=O) groups is 1. The van der Waals surface area contributed by atoms with Gasteiger partial charge in [0.25, 0.3) is 0 Å². The van der Waals surface area contributed by atoms with Gasteiger partial charge in [-0.2, -0.15) is 0 Å². The first-order chi connectivity index (χ1) is 11.6. The lowest BCUT2D eigenvalue weighted by Gasteiger charge is -2.24. The highest BCUT2D eigenvalue weighted by Crippen LogP contribution is 2.25. The van der Waals surface area contributed by atoms with E-state index < -0.39 is 17.7 Å². The minimum Gasteiger partial charge on any atom is -0.320 e. The Bertz CT molecular complexity index is 731. The summed E-state index contributed by atoms with van der Waals surface area (Å²) >= 11 is 0. The summed E-state index contributed by atoms with van der Waals surface area (Å²) < 4.78 is 26.5. The standard InChI is InChI=1S/C20H24F2N2O/c1-20(2,3)14-5-7-17(8-6-14)24(4)19(25)18(23)11-13-9-15(21)12-16(22)10-13/h5-10,12,18H,11,23H2,1-4H3/t18-/m0/s1. The number of rotatable bonds is 4. The Morgan fingerprint density at radius 1 is 1.08 bits per heavy atom. The average molecular weight is 346 g/mol. The average Bonchev–Trinajstić information content (AvgIpc) is 2.51. The summed E-state index contributed by atoms with van der Waals surface area (Å²) in [5, 5.41) is 0. The van der Waals surface area contributed by atoms with E-state index in [0.29, 0.717) is 5.56 Å². The molecule has 0 aromatic heterocycles.